The Hall–Kier alpha value is -4.29. The van der Waals surface area contributed by atoms with Crippen molar-refractivity contribution in [3.8, 4) is 0 Å². The van der Waals surface area contributed by atoms with E-state index in [1.165, 1.54) is 10.7 Å². The lowest BCUT2D eigenvalue weighted by Gasteiger charge is -2.11. The van der Waals surface area contributed by atoms with E-state index in [1.807, 2.05) is 13.8 Å². The number of hydrogen-bond donors (Lipinski definition) is 2. The zero-order chi connectivity index (χ0) is 27.3. The van der Waals surface area contributed by atoms with E-state index in [9.17, 15) is 22.8 Å². The van der Waals surface area contributed by atoms with Crippen molar-refractivity contribution >= 4 is 28.4 Å². The van der Waals surface area contributed by atoms with Crippen molar-refractivity contribution in [2.75, 3.05) is 11.9 Å². The van der Waals surface area contributed by atoms with Gasteiger partial charge in [0.15, 0.2) is 5.82 Å². The van der Waals surface area contributed by atoms with Crippen molar-refractivity contribution in [3.63, 3.8) is 0 Å². The summed E-state index contributed by atoms with van der Waals surface area (Å²) in [5.41, 5.74) is -0.570. The molecule has 0 bridgehead atoms. The number of carbonyl (C=O) groups excluding carboxylic acids is 2. The van der Waals surface area contributed by atoms with Crippen LogP contribution in [0.2, 0.25) is 0 Å². The molecule has 38 heavy (non-hydrogen) atoms. The molecule has 1 unspecified atom stereocenters. The second-order valence-electron chi connectivity index (χ2n) is 8.61. The van der Waals surface area contributed by atoms with Crippen LogP contribution in [0, 0.1) is 0 Å². The van der Waals surface area contributed by atoms with Crippen LogP contribution in [0.4, 0.5) is 18.9 Å². The van der Waals surface area contributed by atoms with E-state index in [2.05, 4.69) is 30.9 Å². The Morgan fingerprint density at radius 1 is 1.13 bits per heavy atom. The van der Waals surface area contributed by atoms with Crippen LogP contribution < -0.4 is 10.6 Å². The summed E-state index contributed by atoms with van der Waals surface area (Å²) in [6.07, 6.45) is -0.865. The van der Waals surface area contributed by atoms with E-state index in [-0.39, 0.29) is 24.1 Å². The van der Waals surface area contributed by atoms with Gasteiger partial charge in [-0.05, 0) is 43.2 Å². The van der Waals surface area contributed by atoms with Gasteiger partial charge in [-0.25, -0.2) is 4.98 Å². The number of alkyl halides is 3. The number of halogens is 3. The smallest absolute Gasteiger partial charge is 0.354 e. The van der Waals surface area contributed by atoms with E-state index in [1.54, 1.807) is 24.4 Å². The van der Waals surface area contributed by atoms with E-state index in [0.29, 0.717) is 47.7 Å². The lowest BCUT2D eigenvalue weighted by molar-refractivity contribution is -0.141. The van der Waals surface area contributed by atoms with Crippen LogP contribution in [-0.4, -0.2) is 43.3 Å². The molecule has 1 aromatic carbocycles. The molecular formula is C25H26F3N7O3. The monoisotopic (exact) mass is 529 g/mol. The summed E-state index contributed by atoms with van der Waals surface area (Å²) >= 11 is 0. The first-order valence-electron chi connectivity index (χ1n) is 12.1. The Labute approximate surface area is 215 Å². The fourth-order valence-electron chi connectivity index (χ4n) is 3.82. The third-order valence-corrected chi connectivity index (χ3v) is 5.84. The Morgan fingerprint density at radius 3 is 2.66 bits per heavy atom. The second-order valence-corrected chi connectivity index (χ2v) is 8.61. The molecular weight excluding hydrogens is 503 g/mol. The topological polar surface area (TPSA) is 128 Å². The van der Waals surface area contributed by atoms with Gasteiger partial charge in [-0.3, -0.25) is 14.3 Å². The van der Waals surface area contributed by atoms with Crippen molar-refractivity contribution < 1.29 is 27.3 Å². The van der Waals surface area contributed by atoms with Crippen molar-refractivity contribution in [1.29, 1.82) is 0 Å². The van der Waals surface area contributed by atoms with E-state index in [0.717, 1.165) is 18.6 Å². The van der Waals surface area contributed by atoms with E-state index < -0.39 is 17.8 Å². The fourth-order valence-corrected chi connectivity index (χ4v) is 3.82. The van der Waals surface area contributed by atoms with Gasteiger partial charge in [-0.15, -0.1) is 0 Å². The van der Waals surface area contributed by atoms with Crippen LogP contribution in [0.1, 0.15) is 60.5 Å². The van der Waals surface area contributed by atoms with Crippen molar-refractivity contribution in [1.82, 2.24) is 30.2 Å². The van der Waals surface area contributed by atoms with Gasteiger partial charge in [0.05, 0.1) is 5.52 Å². The molecule has 0 spiro atoms. The maximum absolute atomic E-state index is 12.9. The van der Waals surface area contributed by atoms with Gasteiger partial charge in [0.1, 0.15) is 17.9 Å². The van der Waals surface area contributed by atoms with Crippen LogP contribution >= 0.6 is 0 Å². The first kappa shape index (κ1) is 26.8. The summed E-state index contributed by atoms with van der Waals surface area (Å²) < 4.78 is 45.5. The third-order valence-electron chi connectivity index (χ3n) is 5.84. The van der Waals surface area contributed by atoms with Gasteiger partial charge in [-0.1, -0.05) is 25.1 Å². The van der Waals surface area contributed by atoms with E-state index in [4.69, 9.17) is 4.52 Å². The van der Waals surface area contributed by atoms with Crippen LogP contribution in [0.15, 0.2) is 47.1 Å². The normalized spacial score (nSPS) is 12.4. The number of rotatable bonds is 10. The Bertz CT molecular complexity index is 1430. The van der Waals surface area contributed by atoms with Crippen molar-refractivity contribution in [3.05, 3.63) is 65.7 Å². The standard InChI is InChI=1S/C25H26F3N7O3/c1-3-15(24-32-21(4-2)34-38-24)10-11-29-22(36)14-35-13-16-12-17(8-9-18(16)33-35)30-23(37)19-6-5-7-20(31-19)25(26,27)28/h5-9,12-13,15H,3-4,10-11,14H2,1-2H3,(H,29,36)(H,30,37). The van der Waals surface area contributed by atoms with Crippen LogP contribution in [0.3, 0.4) is 0 Å². The lowest BCUT2D eigenvalue weighted by atomic mass is 10.0. The minimum atomic E-state index is -4.65. The number of pyridine rings is 1. The first-order chi connectivity index (χ1) is 18.2. The number of benzene rings is 1. The van der Waals surface area contributed by atoms with Gasteiger partial charge in [0.2, 0.25) is 11.8 Å². The minimum Gasteiger partial charge on any atom is -0.354 e. The molecule has 0 aliphatic carbocycles. The molecule has 0 aliphatic rings. The fraction of sp³-hybridized carbons (Fsp3) is 0.360. The summed E-state index contributed by atoms with van der Waals surface area (Å²) in [6, 6.07) is 7.94. The molecule has 10 nitrogen and oxygen atoms in total. The Morgan fingerprint density at radius 2 is 1.95 bits per heavy atom. The maximum Gasteiger partial charge on any atom is 0.433 e. The predicted molar refractivity (Wildman–Crippen MR) is 131 cm³/mol. The number of nitrogens with zero attached hydrogens (tertiary/aromatic N) is 5. The number of aromatic nitrogens is 5. The highest BCUT2D eigenvalue weighted by atomic mass is 19.4. The van der Waals surface area contributed by atoms with Gasteiger partial charge >= 0.3 is 6.18 Å². The summed E-state index contributed by atoms with van der Waals surface area (Å²) in [5, 5.41) is 14.3. The van der Waals surface area contributed by atoms with Crippen LogP contribution in [0.5, 0.6) is 0 Å². The van der Waals surface area contributed by atoms with E-state index >= 15 is 0 Å². The molecule has 4 rings (SSSR count). The SMILES string of the molecule is CCc1noc(C(CC)CCNC(=O)Cn2cc3cc(NC(=O)c4cccc(C(F)(F)F)n4)ccc3n2)n1. The summed E-state index contributed by atoms with van der Waals surface area (Å²) in [6.45, 7) is 4.39. The Balaban J connectivity index is 1.33. The molecule has 3 heterocycles. The number of nitrogens with one attached hydrogen (secondary N) is 2. The zero-order valence-corrected chi connectivity index (χ0v) is 20.7. The highest BCUT2D eigenvalue weighted by molar-refractivity contribution is 6.03. The second kappa shape index (κ2) is 11.4. The van der Waals surface area contributed by atoms with Gasteiger partial charge in [-0.2, -0.15) is 23.3 Å². The molecule has 1 atom stereocenters. The van der Waals surface area contributed by atoms with Gasteiger partial charge < -0.3 is 15.2 Å². The lowest BCUT2D eigenvalue weighted by Crippen LogP contribution is -2.29. The zero-order valence-electron chi connectivity index (χ0n) is 20.7. The first-order valence-corrected chi connectivity index (χ1v) is 12.1. The summed E-state index contributed by atoms with van der Waals surface area (Å²) in [5.74, 6) is 0.276. The number of aryl methyl sites for hydroxylation is 1. The molecule has 0 radical (unpaired) electrons. The number of fused-ring (bicyclic) bond motifs is 1. The number of anilines is 1. The molecule has 0 fully saturated rings. The number of amides is 2. The molecule has 13 heteroatoms. The molecule has 0 aliphatic heterocycles. The molecule has 2 amide bonds. The third kappa shape index (κ3) is 6.52. The predicted octanol–water partition coefficient (Wildman–Crippen LogP) is 4.35. The summed E-state index contributed by atoms with van der Waals surface area (Å²) in [7, 11) is 0. The van der Waals surface area contributed by atoms with Crippen LogP contribution in [-0.2, 0) is 23.9 Å². The average molecular weight is 530 g/mol. The molecule has 3 aromatic heterocycles. The van der Waals surface area contributed by atoms with Gasteiger partial charge in [0, 0.05) is 36.2 Å². The molecule has 0 saturated carbocycles. The summed E-state index contributed by atoms with van der Waals surface area (Å²) in [4.78, 5) is 32.6. The minimum absolute atomic E-state index is 0.0120. The quantitative estimate of drug-likeness (QED) is 0.313. The highest BCUT2D eigenvalue weighted by Crippen LogP contribution is 2.27. The average Bonchev–Trinajstić information content (AvgIpc) is 3.52. The number of carbonyl (C=O) groups is 2. The molecule has 200 valence electrons. The maximum atomic E-state index is 12.9. The molecule has 0 saturated heterocycles. The number of hydrogen-bond acceptors (Lipinski definition) is 7. The van der Waals surface area contributed by atoms with Gasteiger partial charge in [0.25, 0.3) is 5.91 Å². The van der Waals surface area contributed by atoms with Crippen molar-refractivity contribution in [2.45, 2.75) is 51.7 Å². The molecule has 4 aromatic rings. The molecule has 2 N–H and O–H groups in total. The largest absolute Gasteiger partial charge is 0.433 e. The van der Waals surface area contributed by atoms with Crippen molar-refractivity contribution in [2.24, 2.45) is 0 Å². The van der Waals surface area contributed by atoms with Crippen LogP contribution in [0.25, 0.3) is 10.9 Å². The highest BCUT2D eigenvalue weighted by Gasteiger charge is 2.33. The Kier molecular flexibility index (Phi) is 8.03.